The van der Waals surface area contributed by atoms with E-state index >= 15 is 0 Å². The van der Waals surface area contributed by atoms with Crippen LogP contribution >= 0.6 is 0 Å². The number of carbonyl (C=O) groups is 2. The van der Waals surface area contributed by atoms with E-state index in [0.717, 1.165) is 12.1 Å². The van der Waals surface area contributed by atoms with Crippen molar-refractivity contribution in [2.24, 2.45) is 7.05 Å². The van der Waals surface area contributed by atoms with Gasteiger partial charge in [-0.05, 0) is 29.8 Å². The summed E-state index contributed by atoms with van der Waals surface area (Å²) in [4.78, 5) is 29.3. The number of imidazole rings is 1. The van der Waals surface area contributed by atoms with Gasteiger partial charge in [-0.15, -0.1) is 0 Å². The normalized spacial score (nSPS) is 18.5. The number of fused-ring (bicyclic) bond motifs is 1. The second-order valence-corrected chi connectivity index (χ2v) is 6.59. The zero-order chi connectivity index (χ0) is 20.0. The molecule has 2 atom stereocenters. The summed E-state index contributed by atoms with van der Waals surface area (Å²) in [7, 11) is 1.72. The van der Waals surface area contributed by atoms with Crippen LogP contribution in [0.5, 0.6) is 0 Å². The third-order valence-electron chi connectivity index (χ3n) is 4.87. The van der Waals surface area contributed by atoms with Crippen molar-refractivity contribution in [2.45, 2.75) is 12.0 Å². The Hall–Kier alpha value is -3.55. The summed E-state index contributed by atoms with van der Waals surface area (Å²) in [6.45, 7) is 0. The molecule has 3 aromatic rings. The lowest BCUT2D eigenvalue weighted by Crippen LogP contribution is -2.34. The molecule has 4 rings (SSSR count). The van der Waals surface area contributed by atoms with Crippen LogP contribution in [0.25, 0.3) is 0 Å². The number of hydrogen-bond donors (Lipinski definition) is 2. The zero-order valence-electron chi connectivity index (χ0n) is 14.7. The number of ketones is 1. The van der Waals surface area contributed by atoms with Gasteiger partial charge >= 0.3 is 5.97 Å². The Morgan fingerprint density at radius 1 is 1.18 bits per heavy atom. The van der Waals surface area contributed by atoms with Crippen LogP contribution in [0, 0.1) is 11.6 Å². The number of aryl methyl sites for hydroxylation is 1. The molecule has 2 heterocycles. The summed E-state index contributed by atoms with van der Waals surface area (Å²) in [5, 5.41) is 12.5. The highest BCUT2D eigenvalue weighted by Gasteiger charge is 2.42. The highest BCUT2D eigenvalue weighted by Crippen LogP contribution is 2.43. The summed E-state index contributed by atoms with van der Waals surface area (Å²) in [6, 6.07) is 6.82. The maximum atomic E-state index is 14.0. The van der Waals surface area contributed by atoms with Crippen LogP contribution in [0.1, 0.15) is 44.1 Å². The van der Waals surface area contributed by atoms with Gasteiger partial charge in [-0.2, -0.15) is 0 Å². The summed E-state index contributed by atoms with van der Waals surface area (Å²) in [5.41, 5.74) is 0.168. The number of carbonyl (C=O) groups excluding carboxylic acids is 1. The fraction of sp³-hybridized carbons (Fsp3) is 0.150. The maximum Gasteiger partial charge on any atom is 0.336 e. The second-order valence-electron chi connectivity index (χ2n) is 6.59. The number of anilines is 1. The second kappa shape index (κ2) is 6.56. The molecule has 0 amide bonds. The standard InChI is InChI=1S/C20H15F2N3O3/c1-25-7-6-23-19(25)16-17(10-2-4-11(21)5-3-10)24-14-9-12(22)8-13(20(27)28)15(14)18(16)26/h2-9,16-17,24H,1H3,(H,27,28). The molecule has 1 aromatic heterocycles. The Balaban J connectivity index is 1.94. The first-order chi connectivity index (χ1) is 13.4. The van der Waals surface area contributed by atoms with Crippen molar-refractivity contribution in [3.05, 3.63) is 82.9 Å². The van der Waals surface area contributed by atoms with Gasteiger partial charge in [0.2, 0.25) is 0 Å². The van der Waals surface area contributed by atoms with Gasteiger partial charge in [0.15, 0.2) is 5.78 Å². The number of rotatable bonds is 3. The molecule has 2 N–H and O–H groups in total. The van der Waals surface area contributed by atoms with Crippen molar-refractivity contribution in [1.29, 1.82) is 0 Å². The van der Waals surface area contributed by atoms with E-state index in [1.165, 1.54) is 30.5 Å². The minimum atomic E-state index is -1.40. The number of aromatic carboxylic acids is 1. The van der Waals surface area contributed by atoms with E-state index in [1.807, 2.05) is 0 Å². The molecule has 0 bridgehead atoms. The first-order valence-electron chi connectivity index (χ1n) is 8.47. The maximum absolute atomic E-state index is 14.0. The van der Waals surface area contributed by atoms with Crippen LogP contribution in [-0.2, 0) is 7.05 Å². The third kappa shape index (κ3) is 2.83. The Morgan fingerprint density at radius 2 is 1.89 bits per heavy atom. The lowest BCUT2D eigenvalue weighted by atomic mass is 9.80. The highest BCUT2D eigenvalue weighted by atomic mass is 19.1. The fourth-order valence-corrected chi connectivity index (χ4v) is 3.60. The molecule has 2 unspecified atom stereocenters. The van der Waals surface area contributed by atoms with E-state index in [4.69, 9.17) is 0 Å². The first kappa shape index (κ1) is 17.8. The number of Topliss-reactive ketones (excluding diaryl/α,β-unsaturated/α-hetero) is 1. The Kier molecular flexibility index (Phi) is 4.18. The minimum Gasteiger partial charge on any atom is -0.478 e. The van der Waals surface area contributed by atoms with Crippen LogP contribution in [0.2, 0.25) is 0 Å². The number of benzene rings is 2. The lowest BCUT2D eigenvalue weighted by Gasteiger charge is -2.34. The molecule has 0 saturated heterocycles. The van der Waals surface area contributed by atoms with Crippen LogP contribution in [0.4, 0.5) is 14.5 Å². The number of carboxylic acids is 1. The average Bonchev–Trinajstić information content (AvgIpc) is 3.06. The van der Waals surface area contributed by atoms with Gasteiger partial charge in [-0.25, -0.2) is 18.6 Å². The van der Waals surface area contributed by atoms with E-state index in [1.54, 1.807) is 17.8 Å². The number of aromatic nitrogens is 2. The van der Waals surface area contributed by atoms with Gasteiger partial charge in [0.25, 0.3) is 0 Å². The first-order valence-corrected chi connectivity index (χ1v) is 8.47. The molecular weight excluding hydrogens is 368 g/mol. The molecule has 8 heteroatoms. The number of hydrogen-bond acceptors (Lipinski definition) is 4. The molecule has 28 heavy (non-hydrogen) atoms. The minimum absolute atomic E-state index is 0.0854. The Morgan fingerprint density at radius 3 is 2.50 bits per heavy atom. The number of carboxylic acid groups (broad SMARTS) is 1. The average molecular weight is 383 g/mol. The van der Waals surface area contributed by atoms with Crippen molar-refractivity contribution < 1.29 is 23.5 Å². The molecule has 0 aliphatic carbocycles. The Bertz CT molecular complexity index is 1090. The zero-order valence-corrected chi connectivity index (χ0v) is 14.7. The topological polar surface area (TPSA) is 84.2 Å². The molecule has 0 saturated carbocycles. The van der Waals surface area contributed by atoms with Gasteiger partial charge in [0.05, 0.1) is 17.2 Å². The molecular formula is C20H15F2N3O3. The van der Waals surface area contributed by atoms with Gasteiger partial charge < -0.3 is 15.0 Å². The molecule has 142 valence electrons. The number of nitrogens with one attached hydrogen (secondary N) is 1. The van der Waals surface area contributed by atoms with E-state index < -0.39 is 40.9 Å². The molecule has 0 radical (unpaired) electrons. The summed E-state index contributed by atoms with van der Waals surface area (Å²) < 4.78 is 29.0. The van der Waals surface area contributed by atoms with E-state index in [2.05, 4.69) is 10.3 Å². The molecule has 1 aliphatic rings. The predicted octanol–water partition coefficient (Wildman–Crippen LogP) is 3.53. The SMILES string of the molecule is Cn1ccnc1C1C(=O)c2c(cc(F)cc2C(=O)O)NC1c1ccc(F)cc1. The van der Waals surface area contributed by atoms with Crippen molar-refractivity contribution >= 4 is 17.4 Å². The van der Waals surface area contributed by atoms with Crippen LogP contribution < -0.4 is 5.32 Å². The van der Waals surface area contributed by atoms with Crippen molar-refractivity contribution in [2.75, 3.05) is 5.32 Å². The van der Waals surface area contributed by atoms with Crippen LogP contribution in [0.3, 0.4) is 0 Å². The fourth-order valence-electron chi connectivity index (χ4n) is 3.60. The Labute approximate surface area is 158 Å². The molecule has 0 spiro atoms. The van der Waals surface area contributed by atoms with Gasteiger partial charge in [0, 0.05) is 25.1 Å². The largest absolute Gasteiger partial charge is 0.478 e. The number of halogens is 2. The van der Waals surface area contributed by atoms with E-state index in [9.17, 15) is 23.5 Å². The smallest absolute Gasteiger partial charge is 0.336 e. The van der Waals surface area contributed by atoms with E-state index in [0.29, 0.717) is 11.4 Å². The van der Waals surface area contributed by atoms with Gasteiger partial charge in [0.1, 0.15) is 23.4 Å². The van der Waals surface area contributed by atoms with Gasteiger partial charge in [-0.3, -0.25) is 4.79 Å². The number of nitrogens with zero attached hydrogens (tertiary/aromatic N) is 2. The third-order valence-corrected chi connectivity index (χ3v) is 4.87. The lowest BCUT2D eigenvalue weighted by molar-refractivity contribution is 0.0690. The van der Waals surface area contributed by atoms with Crippen molar-refractivity contribution in [3.63, 3.8) is 0 Å². The summed E-state index contributed by atoms with van der Waals surface area (Å²) >= 11 is 0. The van der Waals surface area contributed by atoms with Crippen molar-refractivity contribution in [1.82, 2.24) is 9.55 Å². The molecule has 2 aromatic carbocycles. The molecule has 1 aliphatic heterocycles. The van der Waals surface area contributed by atoms with E-state index in [-0.39, 0.29) is 11.3 Å². The monoisotopic (exact) mass is 383 g/mol. The van der Waals surface area contributed by atoms with Crippen molar-refractivity contribution in [3.8, 4) is 0 Å². The summed E-state index contributed by atoms with van der Waals surface area (Å²) in [6.07, 6.45) is 3.20. The highest BCUT2D eigenvalue weighted by molar-refractivity contribution is 6.14. The quantitative estimate of drug-likeness (QED) is 0.723. The summed E-state index contributed by atoms with van der Waals surface area (Å²) in [5.74, 6) is -3.55. The van der Waals surface area contributed by atoms with Crippen LogP contribution in [-0.4, -0.2) is 26.4 Å². The predicted molar refractivity (Wildman–Crippen MR) is 96.4 cm³/mol. The van der Waals surface area contributed by atoms with Gasteiger partial charge in [-0.1, -0.05) is 12.1 Å². The molecule has 0 fully saturated rings. The molecule has 6 nitrogen and oxygen atoms in total. The van der Waals surface area contributed by atoms with Crippen LogP contribution in [0.15, 0.2) is 48.8 Å².